The SMILES string of the molecule is CCOC(=O)C(Cc1cc(OCc2cnc3ccc(OC)cc3c2OC(C)C)ccc1C)C(=O)OCC. The highest BCUT2D eigenvalue weighted by Crippen LogP contribution is 2.33. The van der Waals surface area contributed by atoms with Crippen molar-refractivity contribution in [3.63, 3.8) is 0 Å². The number of aryl methyl sites for hydroxylation is 1. The van der Waals surface area contributed by atoms with Gasteiger partial charge in [-0.3, -0.25) is 14.6 Å². The maximum atomic E-state index is 12.5. The maximum Gasteiger partial charge on any atom is 0.320 e. The van der Waals surface area contributed by atoms with E-state index in [1.807, 2.05) is 57.2 Å². The van der Waals surface area contributed by atoms with Crippen LogP contribution in [0.25, 0.3) is 10.9 Å². The molecule has 0 unspecified atom stereocenters. The topological polar surface area (TPSA) is 93.2 Å². The standard InChI is InChI=1S/C29H35NO7/c1-7-34-28(31)25(29(32)35-8-2)14-20-13-23(10-9-19(20)5)36-17-21-16-30-26-12-11-22(33-6)15-24(26)27(21)37-18(3)4/h9-13,15-16,18,25H,7-8,14,17H2,1-6H3. The molecule has 0 saturated carbocycles. The van der Waals surface area contributed by atoms with Crippen LogP contribution in [-0.2, 0) is 32.1 Å². The van der Waals surface area contributed by atoms with Crippen molar-refractivity contribution in [2.75, 3.05) is 20.3 Å². The largest absolute Gasteiger partial charge is 0.497 e. The average Bonchev–Trinajstić information content (AvgIpc) is 2.87. The van der Waals surface area contributed by atoms with E-state index in [4.69, 9.17) is 23.7 Å². The van der Waals surface area contributed by atoms with E-state index in [2.05, 4.69) is 4.98 Å². The Hall–Kier alpha value is -3.81. The Morgan fingerprint density at radius 2 is 1.59 bits per heavy atom. The minimum atomic E-state index is -1.04. The van der Waals surface area contributed by atoms with E-state index in [0.29, 0.717) is 17.2 Å². The van der Waals surface area contributed by atoms with Crippen LogP contribution in [-0.4, -0.2) is 43.4 Å². The quantitative estimate of drug-likeness (QED) is 0.243. The molecule has 8 nitrogen and oxygen atoms in total. The second-order valence-electron chi connectivity index (χ2n) is 8.80. The Labute approximate surface area is 217 Å². The molecular formula is C29H35NO7. The molecule has 0 bridgehead atoms. The number of esters is 2. The first-order valence-electron chi connectivity index (χ1n) is 12.4. The number of nitrogens with zero attached hydrogens (tertiary/aromatic N) is 1. The summed E-state index contributed by atoms with van der Waals surface area (Å²) in [5.74, 6) is -0.245. The van der Waals surface area contributed by atoms with E-state index in [-0.39, 0.29) is 32.3 Å². The van der Waals surface area contributed by atoms with Gasteiger partial charge in [0.25, 0.3) is 0 Å². The van der Waals surface area contributed by atoms with Gasteiger partial charge in [-0.05, 0) is 82.5 Å². The Balaban J connectivity index is 1.87. The number of pyridine rings is 1. The summed E-state index contributed by atoms with van der Waals surface area (Å²) >= 11 is 0. The van der Waals surface area contributed by atoms with Crippen molar-refractivity contribution in [2.45, 2.75) is 53.8 Å². The van der Waals surface area contributed by atoms with Gasteiger partial charge in [-0.2, -0.15) is 0 Å². The van der Waals surface area contributed by atoms with Crippen molar-refractivity contribution in [3.05, 3.63) is 59.3 Å². The third kappa shape index (κ3) is 7.12. The molecule has 0 fully saturated rings. The van der Waals surface area contributed by atoms with Crippen LogP contribution in [0.5, 0.6) is 17.2 Å². The number of carbonyl (C=O) groups is 2. The normalized spacial score (nSPS) is 11.0. The van der Waals surface area contributed by atoms with Crippen LogP contribution in [0.4, 0.5) is 0 Å². The fraction of sp³-hybridized carbons (Fsp3) is 0.414. The molecule has 0 aliphatic heterocycles. The molecule has 2 aromatic carbocycles. The van der Waals surface area contributed by atoms with E-state index < -0.39 is 17.9 Å². The van der Waals surface area contributed by atoms with Gasteiger partial charge in [0, 0.05) is 11.6 Å². The number of hydrogen-bond acceptors (Lipinski definition) is 8. The average molecular weight is 510 g/mol. The van der Waals surface area contributed by atoms with Gasteiger partial charge >= 0.3 is 11.9 Å². The van der Waals surface area contributed by atoms with Gasteiger partial charge in [0.2, 0.25) is 0 Å². The third-order valence-corrected chi connectivity index (χ3v) is 5.73. The van der Waals surface area contributed by atoms with Crippen molar-refractivity contribution in [1.29, 1.82) is 0 Å². The summed E-state index contributed by atoms with van der Waals surface area (Å²) in [4.78, 5) is 29.5. The highest BCUT2D eigenvalue weighted by Gasteiger charge is 2.30. The Morgan fingerprint density at radius 1 is 0.919 bits per heavy atom. The predicted molar refractivity (Wildman–Crippen MR) is 140 cm³/mol. The second-order valence-corrected chi connectivity index (χ2v) is 8.80. The molecule has 0 saturated heterocycles. The van der Waals surface area contributed by atoms with Gasteiger partial charge in [-0.15, -0.1) is 0 Å². The van der Waals surface area contributed by atoms with Crippen molar-refractivity contribution >= 4 is 22.8 Å². The molecule has 0 atom stereocenters. The fourth-order valence-electron chi connectivity index (χ4n) is 3.88. The van der Waals surface area contributed by atoms with Gasteiger partial charge < -0.3 is 23.7 Å². The molecule has 3 rings (SSSR count). The molecule has 0 spiro atoms. The second kappa shape index (κ2) is 12.9. The smallest absolute Gasteiger partial charge is 0.320 e. The Kier molecular flexibility index (Phi) is 9.71. The van der Waals surface area contributed by atoms with Gasteiger partial charge in [-0.1, -0.05) is 6.07 Å². The van der Waals surface area contributed by atoms with Crippen LogP contribution in [0.1, 0.15) is 44.4 Å². The molecule has 0 amide bonds. The number of fused-ring (bicyclic) bond motifs is 1. The summed E-state index contributed by atoms with van der Waals surface area (Å²) in [6.07, 6.45) is 1.85. The van der Waals surface area contributed by atoms with Crippen LogP contribution in [0.15, 0.2) is 42.6 Å². The molecule has 37 heavy (non-hydrogen) atoms. The molecule has 0 aliphatic rings. The van der Waals surface area contributed by atoms with Crippen LogP contribution in [0.3, 0.4) is 0 Å². The minimum Gasteiger partial charge on any atom is -0.497 e. The monoisotopic (exact) mass is 509 g/mol. The number of carbonyl (C=O) groups excluding carboxylic acids is 2. The lowest BCUT2D eigenvalue weighted by Crippen LogP contribution is -2.30. The summed E-state index contributed by atoms with van der Waals surface area (Å²) in [6, 6.07) is 11.2. The summed E-state index contributed by atoms with van der Waals surface area (Å²) in [5.41, 5.74) is 3.30. The molecule has 0 aliphatic carbocycles. The number of aromatic nitrogens is 1. The minimum absolute atomic E-state index is 0.0517. The lowest BCUT2D eigenvalue weighted by Gasteiger charge is -2.18. The van der Waals surface area contributed by atoms with Crippen molar-refractivity contribution in [1.82, 2.24) is 4.98 Å². The van der Waals surface area contributed by atoms with E-state index in [1.165, 1.54) is 0 Å². The number of rotatable bonds is 12. The van der Waals surface area contributed by atoms with Crippen molar-refractivity contribution < 1.29 is 33.3 Å². The van der Waals surface area contributed by atoms with Crippen molar-refractivity contribution in [2.24, 2.45) is 5.92 Å². The van der Waals surface area contributed by atoms with E-state index in [1.54, 1.807) is 27.2 Å². The van der Waals surface area contributed by atoms with Crippen LogP contribution >= 0.6 is 0 Å². The zero-order chi connectivity index (χ0) is 26.9. The van der Waals surface area contributed by atoms with E-state index in [0.717, 1.165) is 27.6 Å². The summed E-state index contributed by atoms with van der Waals surface area (Å²) < 4.78 is 27.9. The van der Waals surface area contributed by atoms with E-state index in [9.17, 15) is 9.59 Å². The molecule has 198 valence electrons. The lowest BCUT2D eigenvalue weighted by atomic mass is 9.96. The first-order chi connectivity index (χ1) is 17.8. The molecule has 0 N–H and O–H groups in total. The van der Waals surface area contributed by atoms with Crippen molar-refractivity contribution in [3.8, 4) is 17.2 Å². The van der Waals surface area contributed by atoms with Gasteiger partial charge in [-0.25, -0.2) is 0 Å². The highest BCUT2D eigenvalue weighted by atomic mass is 16.6. The Bertz CT molecular complexity index is 1220. The van der Waals surface area contributed by atoms with Gasteiger partial charge in [0.1, 0.15) is 23.9 Å². The van der Waals surface area contributed by atoms with Crippen LogP contribution in [0, 0.1) is 12.8 Å². The van der Waals surface area contributed by atoms with E-state index >= 15 is 0 Å². The lowest BCUT2D eigenvalue weighted by molar-refractivity contribution is -0.161. The highest BCUT2D eigenvalue weighted by molar-refractivity contribution is 5.95. The molecular weight excluding hydrogens is 474 g/mol. The van der Waals surface area contributed by atoms with Gasteiger partial charge in [0.05, 0.1) is 37.5 Å². The fourth-order valence-corrected chi connectivity index (χ4v) is 3.88. The molecule has 3 aromatic rings. The molecule has 8 heteroatoms. The summed E-state index contributed by atoms with van der Waals surface area (Å²) in [7, 11) is 1.62. The first-order valence-corrected chi connectivity index (χ1v) is 12.4. The number of methoxy groups -OCH3 is 1. The number of ether oxygens (including phenoxy) is 5. The van der Waals surface area contributed by atoms with Gasteiger partial charge in [0.15, 0.2) is 5.92 Å². The molecule has 1 aromatic heterocycles. The first kappa shape index (κ1) is 27.8. The zero-order valence-electron chi connectivity index (χ0n) is 22.3. The number of hydrogen-bond donors (Lipinski definition) is 0. The molecule has 0 radical (unpaired) electrons. The number of benzene rings is 2. The third-order valence-electron chi connectivity index (χ3n) is 5.73. The Morgan fingerprint density at radius 3 is 2.22 bits per heavy atom. The summed E-state index contributed by atoms with van der Waals surface area (Å²) in [5, 5.41) is 0.838. The molecule has 1 heterocycles. The zero-order valence-corrected chi connectivity index (χ0v) is 22.3. The maximum absolute atomic E-state index is 12.5. The van der Waals surface area contributed by atoms with Crippen LogP contribution in [0.2, 0.25) is 0 Å². The van der Waals surface area contributed by atoms with Crippen LogP contribution < -0.4 is 14.2 Å². The summed E-state index contributed by atoms with van der Waals surface area (Å²) in [6.45, 7) is 9.83. The predicted octanol–water partition coefficient (Wildman–Crippen LogP) is 5.20.